The number of hydrogen-bond donors (Lipinski definition) is 1. The van der Waals surface area contributed by atoms with Gasteiger partial charge in [0.1, 0.15) is 11.6 Å². The van der Waals surface area contributed by atoms with Crippen LogP contribution in [0.2, 0.25) is 5.02 Å². The van der Waals surface area contributed by atoms with Gasteiger partial charge >= 0.3 is 0 Å². The molecule has 0 aliphatic carbocycles. The minimum atomic E-state index is -0.884. The summed E-state index contributed by atoms with van der Waals surface area (Å²) in [4.78, 5) is 12.1. The molecule has 0 aliphatic rings. The Bertz CT molecular complexity index is 965. The van der Waals surface area contributed by atoms with Gasteiger partial charge < -0.3 is 14.8 Å². The molecule has 7 heteroatoms. The summed E-state index contributed by atoms with van der Waals surface area (Å²) in [5.74, 6) is -1.54. The summed E-state index contributed by atoms with van der Waals surface area (Å²) in [6, 6.07) is 16.5. The minimum Gasteiger partial charge on any atom is -0.481 e. The maximum absolute atomic E-state index is 13.5. The van der Waals surface area contributed by atoms with Gasteiger partial charge in [-0.15, -0.1) is 0 Å². The number of carbonyl (C=O) groups excluding carboxylic acids is 1. The van der Waals surface area contributed by atoms with E-state index in [2.05, 4.69) is 5.32 Å². The molecule has 0 spiro atoms. The Kier molecular flexibility index (Phi) is 5.88. The molecule has 27 heavy (non-hydrogen) atoms. The highest BCUT2D eigenvalue weighted by Crippen LogP contribution is 2.33. The lowest BCUT2D eigenvalue weighted by Gasteiger charge is -2.13. The van der Waals surface area contributed by atoms with Crippen molar-refractivity contribution in [2.45, 2.75) is 0 Å². The van der Waals surface area contributed by atoms with Crippen LogP contribution < -0.4 is 14.8 Å². The van der Waals surface area contributed by atoms with Crippen LogP contribution in [0.4, 0.5) is 14.5 Å². The average Bonchev–Trinajstić information content (AvgIpc) is 2.64. The van der Waals surface area contributed by atoms with E-state index in [1.54, 1.807) is 48.5 Å². The van der Waals surface area contributed by atoms with Crippen molar-refractivity contribution in [3.63, 3.8) is 0 Å². The van der Waals surface area contributed by atoms with E-state index in [1.807, 2.05) is 0 Å². The number of amides is 1. The first-order valence-electron chi connectivity index (χ1n) is 7.92. The quantitative estimate of drug-likeness (QED) is 0.611. The molecule has 0 aliphatic heterocycles. The Balaban J connectivity index is 1.67. The summed E-state index contributed by atoms with van der Waals surface area (Å²) >= 11 is 6.08. The highest BCUT2D eigenvalue weighted by atomic mass is 35.5. The van der Waals surface area contributed by atoms with Crippen molar-refractivity contribution in [2.75, 3.05) is 11.9 Å². The third-order valence-corrected chi connectivity index (χ3v) is 3.78. The Labute approximate surface area is 159 Å². The van der Waals surface area contributed by atoms with Crippen molar-refractivity contribution in [3.05, 3.63) is 83.4 Å². The second-order valence-electron chi connectivity index (χ2n) is 5.44. The molecule has 3 aromatic rings. The van der Waals surface area contributed by atoms with Crippen LogP contribution in [0, 0.1) is 11.6 Å². The van der Waals surface area contributed by atoms with E-state index in [4.69, 9.17) is 21.1 Å². The van der Waals surface area contributed by atoms with Crippen molar-refractivity contribution >= 4 is 23.2 Å². The number of anilines is 1. The molecular formula is C20H14ClF2NO3. The smallest absolute Gasteiger partial charge is 0.262 e. The predicted octanol–water partition coefficient (Wildman–Crippen LogP) is 5.43. The molecule has 138 valence electrons. The largest absolute Gasteiger partial charge is 0.481 e. The van der Waals surface area contributed by atoms with Crippen molar-refractivity contribution < 1.29 is 23.0 Å². The molecule has 4 nitrogen and oxygen atoms in total. The van der Waals surface area contributed by atoms with Gasteiger partial charge in [-0.05, 0) is 36.4 Å². The van der Waals surface area contributed by atoms with E-state index in [0.717, 1.165) is 12.1 Å². The van der Waals surface area contributed by atoms with Crippen molar-refractivity contribution in [1.29, 1.82) is 0 Å². The lowest BCUT2D eigenvalue weighted by molar-refractivity contribution is -0.118. The topological polar surface area (TPSA) is 47.6 Å². The van der Waals surface area contributed by atoms with Crippen LogP contribution in [0.15, 0.2) is 66.7 Å². The molecule has 0 fully saturated rings. The van der Waals surface area contributed by atoms with E-state index in [-0.39, 0.29) is 5.75 Å². The zero-order chi connectivity index (χ0) is 19.2. The number of ether oxygens (including phenoxy) is 2. The number of hydrogen-bond acceptors (Lipinski definition) is 3. The van der Waals surface area contributed by atoms with Crippen LogP contribution in [-0.4, -0.2) is 12.5 Å². The third-order valence-electron chi connectivity index (χ3n) is 3.47. The van der Waals surface area contributed by atoms with Gasteiger partial charge in [0.05, 0.1) is 10.7 Å². The summed E-state index contributed by atoms with van der Waals surface area (Å²) in [6.45, 7) is -0.455. The third kappa shape index (κ3) is 4.95. The van der Waals surface area contributed by atoms with E-state index in [9.17, 15) is 13.6 Å². The van der Waals surface area contributed by atoms with Gasteiger partial charge in [0.15, 0.2) is 23.9 Å². The first-order valence-corrected chi connectivity index (χ1v) is 8.30. The van der Waals surface area contributed by atoms with Crippen LogP contribution in [0.1, 0.15) is 0 Å². The Morgan fingerprint density at radius 2 is 1.63 bits per heavy atom. The van der Waals surface area contributed by atoms with E-state index < -0.39 is 24.1 Å². The SMILES string of the molecule is O=C(COc1ccc(F)cc1F)Nc1ccccc1Oc1ccccc1Cl. The van der Waals surface area contributed by atoms with Crippen LogP contribution in [0.5, 0.6) is 17.2 Å². The monoisotopic (exact) mass is 389 g/mol. The normalized spacial score (nSPS) is 10.3. The van der Waals surface area contributed by atoms with Crippen LogP contribution >= 0.6 is 11.6 Å². The fourth-order valence-corrected chi connectivity index (χ4v) is 2.40. The summed E-state index contributed by atoms with van der Waals surface area (Å²) in [5.41, 5.74) is 0.394. The lowest BCUT2D eigenvalue weighted by atomic mass is 10.3. The van der Waals surface area contributed by atoms with Crippen molar-refractivity contribution in [1.82, 2.24) is 0 Å². The molecule has 0 atom stereocenters. The van der Waals surface area contributed by atoms with E-state index >= 15 is 0 Å². The molecule has 0 bridgehead atoms. The predicted molar refractivity (Wildman–Crippen MR) is 98.5 cm³/mol. The maximum Gasteiger partial charge on any atom is 0.262 e. The Morgan fingerprint density at radius 1 is 0.926 bits per heavy atom. The fraction of sp³-hybridized carbons (Fsp3) is 0.0500. The maximum atomic E-state index is 13.5. The number of benzene rings is 3. The number of rotatable bonds is 6. The lowest BCUT2D eigenvalue weighted by Crippen LogP contribution is -2.20. The molecule has 0 radical (unpaired) electrons. The molecule has 0 saturated heterocycles. The molecule has 0 saturated carbocycles. The summed E-state index contributed by atoms with van der Waals surface area (Å²) in [6.07, 6.45) is 0. The molecule has 0 aromatic heterocycles. The van der Waals surface area contributed by atoms with Gasteiger partial charge in [0, 0.05) is 6.07 Å². The van der Waals surface area contributed by atoms with Crippen LogP contribution in [0.25, 0.3) is 0 Å². The summed E-state index contributed by atoms with van der Waals surface area (Å²) < 4.78 is 37.3. The average molecular weight is 390 g/mol. The standard InChI is InChI=1S/C20H14ClF2NO3/c21-14-5-1-3-7-17(14)27-19-8-4-2-6-16(19)24-20(25)12-26-18-10-9-13(22)11-15(18)23/h1-11H,12H2,(H,24,25). The van der Waals surface area contributed by atoms with Crippen LogP contribution in [-0.2, 0) is 4.79 Å². The Hall–Kier alpha value is -3.12. The number of halogens is 3. The van der Waals surface area contributed by atoms with Gasteiger partial charge in [-0.2, -0.15) is 0 Å². The molecule has 3 aromatic carbocycles. The summed E-state index contributed by atoms with van der Waals surface area (Å²) in [5, 5.41) is 3.05. The summed E-state index contributed by atoms with van der Waals surface area (Å²) in [7, 11) is 0. The van der Waals surface area contributed by atoms with E-state index in [0.29, 0.717) is 28.3 Å². The van der Waals surface area contributed by atoms with Gasteiger partial charge in [0.2, 0.25) is 0 Å². The highest BCUT2D eigenvalue weighted by Gasteiger charge is 2.12. The Morgan fingerprint density at radius 3 is 2.37 bits per heavy atom. The second kappa shape index (κ2) is 8.51. The van der Waals surface area contributed by atoms with Gasteiger partial charge in [-0.3, -0.25) is 4.79 Å². The van der Waals surface area contributed by atoms with Gasteiger partial charge in [-0.1, -0.05) is 35.9 Å². The number of para-hydroxylation sites is 3. The zero-order valence-corrected chi connectivity index (χ0v) is 14.7. The first-order chi connectivity index (χ1) is 13.0. The molecular weight excluding hydrogens is 376 g/mol. The number of nitrogens with one attached hydrogen (secondary N) is 1. The van der Waals surface area contributed by atoms with Gasteiger partial charge in [0.25, 0.3) is 5.91 Å². The second-order valence-corrected chi connectivity index (χ2v) is 5.85. The minimum absolute atomic E-state index is 0.216. The molecule has 1 amide bonds. The van der Waals surface area contributed by atoms with E-state index in [1.165, 1.54) is 0 Å². The van der Waals surface area contributed by atoms with Crippen molar-refractivity contribution in [2.24, 2.45) is 0 Å². The molecule has 0 unspecified atom stereocenters. The van der Waals surface area contributed by atoms with Crippen LogP contribution in [0.3, 0.4) is 0 Å². The molecule has 3 rings (SSSR count). The fourth-order valence-electron chi connectivity index (χ4n) is 2.23. The number of carbonyl (C=O) groups is 1. The highest BCUT2D eigenvalue weighted by molar-refractivity contribution is 6.32. The zero-order valence-electron chi connectivity index (χ0n) is 13.9. The first kappa shape index (κ1) is 18.7. The van der Waals surface area contributed by atoms with Gasteiger partial charge in [-0.25, -0.2) is 8.78 Å². The molecule has 1 N–H and O–H groups in total. The van der Waals surface area contributed by atoms with Crippen molar-refractivity contribution in [3.8, 4) is 17.2 Å². The molecule has 0 heterocycles.